The number of aromatic nitrogens is 2. The standard InChI is InChI=1S/C21H21N5O2/c1-10-6-13(7-15-12(3)24-25-19(10)15)14-4-5-17(22)18-16(14)9-26(21(18)28)8-11(2)20(23)27/h4-7H,2,8-9,22H2,1,3H3,(H2,23,27)(H,24,25). The number of rotatable bonds is 4. The Kier molecular flexibility index (Phi) is 3.96. The number of primary amides is 1. The molecular formula is C21H21N5O2. The zero-order valence-corrected chi connectivity index (χ0v) is 15.8. The Morgan fingerprint density at radius 2 is 2.07 bits per heavy atom. The molecular weight excluding hydrogens is 354 g/mol. The van der Waals surface area contributed by atoms with Crippen LogP contribution in [0.2, 0.25) is 0 Å². The molecule has 5 N–H and O–H groups in total. The van der Waals surface area contributed by atoms with Gasteiger partial charge in [-0.2, -0.15) is 5.10 Å². The van der Waals surface area contributed by atoms with E-state index in [-0.39, 0.29) is 18.0 Å². The number of anilines is 1. The fourth-order valence-electron chi connectivity index (χ4n) is 3.79. The Morgan fingerprint density at radius 1 is 1.32 bits per heavy atom. The van der Waals surface area contributed by atoms with Crippen molar-refractivity contribution in [3.05, 3.63) is 58.8 Å². The molecule has 1 aliphatic rings. The van der Waals surface area contributed by atoms with Crippen LogP contribution in [0.3, 0.4) is 0 Å². The SMILES string of the molecule is C=C(CN1Cc2c(-c3cc(C)c4[nH]nc(C)c4c3)ccc(N)c2C1=O)C(N)=O. The first-order valence-electron chi connectivity index (χ1n) is 8.91. The van der Waals surface area contributed by atoms with Crippen LogP contribution in [0.5, 0.6) is 0 Å². The van der Waals surface area contributed by atoms with E-state index in [0.717, 1.165) is 38.9 Å². The van der Waals surface area contributed by atoms with Crippen molar-refractivity contribution >= 4 is 28.4 Å². The summed E-state index contributed by atoms with van der Waals surface area (Å²) < 4.78 is 0. The number of hydrogen-bond donors (Lipinski definition) is 3. The molecule has 0 spiro atoms. The molecule has 0 saturated carbocycles. The summed E-state index contributed by atoms with van der Waals surface area (Å²) in [4.78, 5) is 25.8. The van der Waals surface area contributed by atoms with E-state index in [4.69, 9.17) is 11.5 Å². The van der Waals surface area contributed by atoms with Crippen LogP contribution >= 0.6 is 0 Å². The zero-order valence-electron chi connectivity index (χ0n) is 15.8. The summed E-state index contributed by atoms with van der Waals surface area (Å²) >= 11 is 0. The molecule has 142 valence electrons. The number of aromatic amines is 1. The van der Waals surface area contributed by atoms with Gasteiger partial charge in [-0.3, -0.25) is 14.7 Å². The lowest BCUT2D eigenvalue weighted by molar-refractivity contribution is -0.114. The predicted octanol–water partition coefficient (Wildman–Crippen LogP) is 2.43. The highest BCUT2D eigenvalue weighted by Crippen LogP contribution is 2.38. The van der Waals surface area contributed by atoms with Crippen LogP contribution < -0.4 is 11.5 Å². The van der Waals surface area contributed by atoms with E-state index >= 15 is 0 Å². The summed E-state index contributed by atoms with van der Waals surface area (Å²) in [6.07, 6.45) is 0. The molecule has 0 radical (unpaired) electrons. The maximum absolute atomic E-state index is 12.9. The monoisotopic (exact) mass is 375 g/mol. The van der Waals surface area contributed by atoms with Gasteiger partial charge in [-0.1, -0.05) is 12.6 Å². The van der Waals surface area contributed by atoms with Gasteiger partial charge in [0, 0.05) is 23.2 Å². The lowest BCUT2D eigenvalue weighted by atomic mass is 9.93. The number of amides is 2. The predicted molar refractivity (Wildman–Crippen MR) is 108 cm³/mol. The lowest BCUT2D eigenvalue weighted by Crippen LogP contribution is -2.30. The minimum absolute atomic E-state index is 0.0840. The van der Waals surface area contributed by atoms with Gasteiger partial charge in [-0.15, -0.1) is 0 Å². The van der Waals surface area contributed by atoms with Gasteiger partial charge in [0.15, 0.2) is 0 Å². The number of H-pyrrole nitrogens is 1. The van der Waals surface area contributed by atoms with Crippen molar-refractivity contribution in [3.63, 3.8) is 0 Å². The molecule has 2 heterocycles. The number of aryl methyl sites for hydroxylation is 2. The number of nitrogens with two attached hydrogens (primary N) is 2. The Bertz CT molecular complexity index is 1180. The average Bonchev–Trinajstić information content (AvgIpc) is 3.17. The Balaban J connectivity index is 1.83. The van der Waals surface area contributed by atoms with Crippen LogP contribution in [0.4, 0.5) is 5.69 Å². The Morgan fingerprint density at radius 3 is 2.79 bits per heavy atom. The van der Waals surface area contributed by atoms with Gasteiger partial charge in [-0.25, -0.2) is 0 Å². The molecule has 0 unspecified atom stereocenters. The number of hydrogen-bond acceptors (Lipinski definition) is 4. The van der Waals surface area contributed by atoms with Crippen LogP contribution in [0.25, 0.3) is 22.0 Å². The van der Waals surface area contributed by atoms with E-state index in [0.29, 0.717) is 17.8 Å². The summed E-state index contributed by atoms with van der Waals surface area (Å²) in [6.45, 7) is 8.07. The molecule has 0 bridgehead atoms. The van der Waals surface area contributed by atoms with Gasteiger partial charge >= 0.3 is 0 Å². The van der Waals surface area contributed by atoms with Gasteiger partial charge in [0.25, 0.3) is 5.91 Å². The van der Waals surface area contributed by atoms with Crippen LogP contribution in [0, 0.1) is 13.8 Å². The summed E-state index contributed by atoms with van der Waals surface area (Å²) in [7, 11) is 0. The van der Waals surface area contributed by atoms with Gasteiger partial charge < -0.3 is 16.4 Å². The highest BCUT2D eigenvalue weighted by Gasteiger charge is 2.32. The molecule has 28 heavy (non-hydrogen) atoms. The molecule has 1 aromatic heterocycles. The number of benzene rings is 2. The van der Waals surface area contributed by atoms with Crippen molar-refractivity contribution in [3.8, 4) is 11.1 Å². The fraction of sp³-hybridized carbons (Fsp3) is 0.190. The molecule has 7 heteroatoms. The summed E-state index contributed by atoms with van der Waals surface area (Å²) in [6, 6.07) is 7.83. The van der Waals surface area contributed by atoms with Gasteiger partial charge in [-0.05, 0) is 54.3 Å². The van der Waals surface area contributed by atoms with Crippen LogP contribution in [-0.2, 0) is 11.3 Å². The molecule has 2 aromatic carbocycles. The van der Waals surface area contributed by atoms with Crippen molar-refractivity contribution in [1.29, 1.82) is 0 Å². The molecule has 7 nitrogen and oxygen atoms in total. The minimum atomic E-state index is -0.617. The third-order valence-electron chi connectivity index (χ3n) is 5.30. The van der Waals surface area contributed by atoms with Crippen LogP contribution in [-0.4, -0.2) is 33.5 Å². The largest absolute Gasteiger partial charge is 0.398 e. The zero-order chi connectivity index (χ0) is 20.2. The second kappa shape index (κ2) is 6.23. The molecule has 0 atom stereocenters. The first kappa shape index (κ1) is 17.8. The molecule has 0 aliphatic carbocycles. The molecule has 0 fully saturated rings. The van der Waals surface area contributed by atoms with Gasteiger partial charge in [0.05, 0.1) is 23.3 Å². The molecule has 0 saturated heterocycles. The maximum atomic E-state index is 12.9. The topological polar surface area (TPSA) is 118 Å². The smallest absolute Gasteiger partial charge is 0.256 e. The van der Waals surface area contributed by atoms with E-state index in [9.17, 15) is 9.59 Å². The quantitative estimate of drug-likeness (QED) is 0.479. The van der Waals surface area contributed by atoms with Crippen LogP contribution in [0.1, 0.15) is 27.2 Å². The second-order valence-electron chi connectivity index (χ2n) is 7.21. The highest BCUT2D eigenvalue weighted by atomic mass is 16.2. The molecule has 4 rings (SSSR count). The number of fused-ring (bicyclic) bond motifs is 2. The number of nitrogen functional groups attached to an aromatic ring is 1. The number of carbonyl (C=O) groups excluding carboxylic acids is 2. The molecule has 2 amide bonds. The number of carbonyl (C=O) groups is 2. The molecule has 1 aliphatic heterocycles. The van der Waals surface area contributed by atoms with Crippen molar-refractivity contribution in [2.45, 2.75) is 20.4 Å². The van der Waals surface area contributed by atoms with Crippen molar-refractivity contribution in [1.82, 2.24) is 15.1 Å². The van der Waals surface area contributed by atoms with E-state index in [1.807, 2.05) is 19.9 Å². The average molecular weight is 375 g/mol. The normalized spacial score (nSPS) is 13.2. The highest BCUT2D eigenvalue weighted by molar-refractivity contribution is 6.06. The summed E-state index contributed by atoms with van der Waals surface area (Å²) in [5, 5.41) is 8.39. The van der Waals surface area contributed by atoms with E-state index in [2.05, 4.69) is 28.9 Å². The van der Waals surface area contributed by atoms with Gasteiger partial charge in [0.1, 0.15) is 0 Å². The van der Waals surface area contributed by atoms with E-state index < -0.39 is 5.91 Å². The first-order chi connectivity index (χ1) is 13.3. The summed E-state index contributed by atoms with van der Waals surface area (Å²) in [5.41, 5.74) is 18.3. The lowest BCUT2D eigenvalue weighted by Gasteiger charge is -2.16. The minimum Gasteiger partial charge on any atom is -0.398 e. The Labute approximate surface area is 162 Å². The van der Waals surface area contributed by atoms with Crippen molar-refractivity contribution in [2.75, 3.05) is 12.3 Å². The second-order valence-corrected chi connectivity index (χ2v) is 7.21. The van der Waals surface area contributed by atoms with Crippen molar-refractivity contribution in [2.24, 2.45) is 5.73 Å². The van der Waals surface area contributed by atoms with Gasteiger partial charge in [0.2, 0.25) is 5.91 Å². The number of nitrogens with zero attached hydrogens (tertiary/aromatic N) is 2. The fourth-order valence-corrected chi connectivity index (χ4v) is 3.79. The number of nitrogens with one attached hydrogen (secondary N) is 1. The van der Waals surface area contributed by atoms with Crippen molar-refractivity contribution < 1.29 is 9.59 Å². The van der Waals surface area contributed by atoms with E-state index in [1.54, 1.807) is 11.0 Å². The molecule has 3 aromatic rings. The Hall–Kier alpha value is -3.61. The van der Waals surface area contributed by atoms with E-state index in [1.165, 1.54) is 0 Å². The van der Waals surface area contributed by atoms with Crippen LogP contribution in [0.15, 0.2) is 36.4 Å². The summed E-state index contributed by atoms with van der Waals surface area (Å²) in [5.74, 6) is -0.831. The first-order valence-corrected chi connectivity index (χ1v) is 8.91. The third-order valence-corrected chi connectivity index (χ3v) is 5.30. The third kappa shape index (κ3) is 2.63. The maximum Gasteiger partial charge on any atom is 0.256 e.